The summed E-state index contributed by atoms with van der Waals surface area (Å²) in [4.78, 5) is 15.6. The van der Waals surface area contributed by atoms with E-state index in [9.17, 15) is 4.79 Å². The van der Waals surface area contributed by atoms with Crippen molar-refractivity contribution >= 4 is 33.1 Å². The summed E-state index contributed by atoms with van der Waals surface area (Å²) in [5.74, 6) is -0.269. The third-order valence-corrected chi connectivity index (χ3v) is 7.00. The molecule has 9 heteroatoms. The van der Waals surface area contributed by atoms with Crippen LogP contribution >= 0.6 is 11.3 Å². The van der Waals surface area contributed by atoms with Gasteiger partial charge in [0.1, 0.15) is 9.71 Å². The van der Waals surface area contributed by atoms with Gasteiger partial charge in [0.05, 0.1) is 30.7 Å². The van der Waals surface area contributed by atoms with Gasteiger partial charge in [-0.15, -0.1) is 16.4 Å². The number of carbonyl (C=O) groups excluding carboxylic acids is 1. The first kappa shape index (κ1) is 19.6. The molecule has 0 unspecified atom stereocenters. The molecule has 0 aliphatic carbocycles. The minimum atomic E-state index is -1.59. The molecule has 1 saturated heterocycles. The van der Waals surface area contributed by atoms with Crippen LogP contribution in [0.4, 0.5) is 10.1 Å². The van der Waals surface area contributed by atoms with E-state index in [0.717, 1.165) is 27.8 Å². The van der Waals surface area contributed by atoms with Gasteiger partial charge in [-0.05, 0) is 36.6 Å². The first-order valence-corrected chi connectivity index (χ1v) is 10.7. The summed E-state index contributed by atoms with van der Waals surface area (Å²) in [6.45, 7) is 3.74. The summed E-state index contributed by atoms with van der Waals surface area (Å²) in [6.07, 6.45) is 3.63. The van der Waals surface area contributed by atoms with Crippen molar-refractivity contribution in [3.8, 4) is 11.1 Å². The quantitative estimate of drug-likeness (QED) is 0.530. The van der Waals surface area contributed by atoms with Gasteiger partial charge in [-0.3, -0.25) is 9.48 Å². The van der Waals surface area contributed by atoms with E-state index in [0.29, 0.717) is 21.0 Å². The third kappa shape index (κ3) is 3.07. The first-order valence-electron chi connectivity index (χ1n) is 9.86. The van der Waals surface area contributed by atoms with Gasteiger partial charge in [-0.25, -0.2) is 4.39 Å². The van der Waals surface area contributed by atoms with Crippen LogP contribution in [-0.4, -0.2) is 43.9 Å². The van der Waals surface area contributed by atoms with Crippen LogP contribution in [0.5, 0.6) is 0 Å². The van der Waals surface area contributed by atoms with Crippen molar-refractivity contribution in [3.05, 3.63) is 58.4 Å². The molecular weight excluding hydrogens is 415 g/mol. The van der Waals surface area contributed by atoms with Crippen molar-refractivity contribution < 1.29 is 9.18 Å². The number of hydrogen-bond acceptors (Lipinski definition) is 6. The largest absolute Gasteiger partial charge is 0.397 e. The second-order valence-electron chi connectivity index (χ2n) is 8.05. The molecule has 0 saturated carbocycles. The van der Waals surface area contributed by atoms with Crippen LogP contribution < -0.4 is 5.73 Å². The Morgan fingerprint density at radius 3 is 2.71 bits per heavy atom. The Bertz CT molecular complexity index is 1340. The lowest BCUT2D eigenvalue weighted by Gasteiger charge is -2.44. The van der Waals surface area contributed by atoms with Gasteiger partial charge in [0.2, 0.25) is 0 Å². The van der Waals surface area contributed by atoms with Crippen LogP contribution in [-0.2, 0) is 12.7 Å². The number of alkyl halides is 1. The van der Waals surface area contributed by atoms with Crippen molar-refractivity contribution in [1.29, 1.82) is 0 Å². The number of anilines is 1. The molecule has 0 atom stereocenters. The van der Waals surface area contributed by atoms with Crippen molar-refractivity contribution in [3.63, 3.8) is 0 Å². The molecule has 1 amide bonds. The van der Waals surface area contributed by atoms with E-state index in [1.54, 1.807) is 16.9 Å². The second-order valence-corrected chi connectivity index (χ2v) is 9.04. The second kappa shape index (κ2) is 6.84. The summed E-state index contributed by atoms with van der Waals surface area (Å²) < 4.78 is 17.3. The third-order valence-electron chi connectivity index (χ3n) is 5.92. The van der Waals surface area contributed by atoms with Crippen molar-refractivity contribution in [2.24, 2.45) is 7.05 Å². The number of amides is 1. The molecule has 1 aliphatic heterocycles. The number of fused-ring (bicyclic) bond motifs is 1. The summed E-state index contributed by atoms with van der Waals surface area (Å²) in [6, 6.07) is 7.34. The van der Waals surface area contributed by atoms with Crippen molar-refractivity contribution in [2.75, 3.05) is 18.8 Å². The number of nitrogens with two attached hydrogens (primary N) is 1. The van der Waals surface area contributed by atoms with Gasteiger partial charge in [-0.2, -0.15) is 10.2 Å². The molecule has 1 aliphatic rings. The summed E-state index contributed by atoms with van der Waals surface area (Å²) in [5, 5.41) is 13.2. The zero-order valence-electron chi connectivity index (χ0n) is 17.4. The predicted octanol–water partition coefficient (Wildman–Crippen LogP) is 3.61. The average Bonchev–Trinajstić information content (AvgIpc) is 3.32. The number of hydrogen-bond donors (Lipinski definition) is 1. The van der Waals surface area contributed by atoms with Gasteiger partial charge >= 0.3 is 0 Å². The van der Waals surface area contributed by atoms with E-state index in [2.05, 4.69) is 15.3 Å². The number of likely N-dealkylation sites (tertiary alicyclic amines) is 1. The standard InChI is InChI=1S/C22H21FN6OS/c1-12-13(2)26-27-20-17(12)18(24)19(31-20)21(30)29-10-22(23,11-29)16-6-4-5-14(7-16)15-8-25-28(3)9-15/h4-9H,10-11,24H2,1-3H3. The fourth-order valence-corrected chi connectivity index (χ4v) is 5.04. The molecule has 4 heterocycles. The lowest BCUT2D eigenvalue weighted by atomic mass is 9.86. The van der Waals surface area contributed by atoms with Gasteiger partial charge in [0.25, 0.3) is 5.91 Å². The topological polar surface area (TPSA) is 89.9 Å². The maximum Gasteiger partial charge on any atom is 0.266 e. The summed E-state index contributed by atoms with van der Waals surface area (Å²) in [7, 11) is 1.84. The highest BCUT2D eigenvalue weighted by Crippen LogP contribution is 2.41. The van der Waals surface area contributed by atoms with Crippen LogP contribution in [0.25, 0.3) is 21.3 Å². The normalized spacial score (nSPS) is 15.3. The van der Waals surface area contributed by atoms with E-state index >= 15 is 4.39 Å². The molecule has 5 rings (SSSR count). The predicted molar refractivity (Wildman–Crippen MR) is 119 cm³/mol. The number of thiophene rings is 1. The molecule has 2 N–H and O–H groups in total. The molecule has 0 spiro atoms. The lowest BCUT2D eigenvalue weighted by molar-refractivity contribution is -0.0227. The van der Waals surface area contributed by atoms with Gasteiger partial charge in [-0.1, -0.05) is 18.2 Å². The molecule has 7 nitrogen and oxygen atoms in total. The Morgan fingerprint density at radius 1 is 1.23 bits per heavy atom. The number of aromatic nitrogens is 4. The molecule has 158 valence electrons. The van der Waals surface area contributed by atoms with Gasteiger partial charge < -0.3 is 10.6 Å². The Morgan fingerprint density at radius 2 is 2.00 bits per heavy atom. The maximum absolute atomic E-state index is 15.6. The molecule has 0 bridgehead atoms. The fraction of sp³-hybridized carbons (Fsp3) is 0.273. The Balaban J connectivity index is 1.39. The molecular formula is C22H21FN6OS. The van der Waals surface area contributed by atoms with Crippen molar-refractivity contribution in [1.82, 2.24) is 24.9 Å². The smallest absolute Gasteiger partial charge is 0.266 e. The zero-order valence-corrected chi connectivity index (χ0v) is 18.2. The molecule has 4 aromatic rings. The Hall–Kier alpha value is -3.33. The molecule has 3 aromatic heterocycles. The number of nitrogen functional groups attached to an aromatic ring is 1. The fourth-order valence-electron chi connectivity index (χ4n) is 3.98. The number of rotatable bonds is 3. The Labute approximate surface area is 182 Å². The zero-order chi connectivity index (χ0) is 21.9. The molecule has 1 aromatic carbocycles. The Kier molecular flexibility index (Phi) is 4.33. The minimum absolute atomic E-state index is 0.0142. The molecule has 1 fully saturated rings. The van der Waals surface area contributed by atoms with Gasteiger partial charge in [0, 0.05) is 24.2 Å². The highest BCUT2D eigenvalue weighted by atomic mass is 32.1. The number of nitrogens with zero attached hydrogens (tertiary/aromatic N) is 5. The SMILES string of the molecule is Cc1nnc2sc(C(=O)N3CC(F)(c4cccc(-c5cnn(C)c5)c4)C3)c(N)c2c1C. The van der Waals surface area contributed by atoms with Crippen LogP contribution in [0.15, 0.2) is 36.7 Å². The highest BCUT2D eigenvalue weighted by Gasteiger charge is 2.48. The number of halogens is 1. The van der Waals surface area contributed by atoms with Crippen LogP contribution in [0.1, 0.15) is 26.5 Å². The van der Waals surface area contributed by atoms with E-state index < -0.39 is 5.67 Å². The lowest BCUT2D eigenvalue weighted by Crippen LogP contribution is -2.58. The molecule has 0 radical (unpaired) electrons. The van der Waals surface area contributed by atoms with Crippen LogP contribution in [0, 0.1) is 13.8 Å². The van der Waals surface area contributed by atoms with E-state index in [4.69, 9.17) is 5.73 Å². The van der Waals surface area contributed by atoms with Gasteiger partial charge in [0.15, 0.2) is 5.67 Å². The average molecular weight is 437 g/mol. The number of benzene rings is 1. The van der Waals surface area contributed by atoms with E-state index in [1.807, 2.05) is 45.3 Å². The van der Waals surface area contributed by atoms with Crippen LogP contribution in [0.3, 0.4) is 0 Å². The monoisotopic (exact) mass is 436 g/mol. The number of aryl methyl sites for hydroxylation is 3. The van der Waals surface area contributed by atoms with Crippen molar-refractivity contribution in [2.45, 2.75) is 19.5 Å². The first-order chi connectivity index (χ1) is 14.8. The number of carbonyl (C=O) groups is 1. The van der Waals surface area contributed by atoms with E-state index in [1.165, 1.54) is 16.2 Å². The minimum Gasteiger partial charge on any atom is -0.397 e. The van der Waals surface area contributed by atoms with E-state index in [-0.39, 0.29) is 19.0 Å². The maximum atomic E-state index is 15.6. The summed E-state index contributed by atoms with van der Waals surface area (Å²) in [5.41, 5.74) is 9.15. The van der Waals surface area contributed by atoms with Crippen LogP contribution in [0.2, 0.25) is 0 Å². The molecule has 31 heavy (non-hydrogen) atoms. The highest BCUT2D eigenvalue weighted by molar-refractivity contribution is 7.21. The summed E-state index contributed by atoms with van der Waals surface area (Å²) >= 11 is 1.21.